The van der Waals surface area contributed by atoms with E-state index >= 15 is 0 Å². The highest BCUT2D eigenvalue weighted by atomic mass is 16.5. The van der Waals surface area contributed by atoms with Crippen molar-refractivity contribution >= 4 is 5.91 Å². The fraction of sp³-hybridized carbons (Fsp3) is 0.538. The number of carbonyl (C=O) groups is 1. The van der Waals surface area contributed by atoms with Crippen LogP contribution in [0, 0.1) is 6.92 Å². The number of aryl methyl sites for hydroxylation is 1. The third-order valence-corrected chi connectivity index (χ3v) is 6.78. The van der Waals surface area contributed by atoms with Gasteiger partial charge in [-0.15, -0.1) is 0 Å². The highest BCUT2D eigenvalue weighted by Crippen LogP contribution is 2.29. The lowest BCUT2D eigenvalue weighted by Gasteiger charge is -2.41. The molecule has 1 fully saturated rings. The number of methoxy groups -OCH3 is 1. The Balaban J connectivity index is 1.56. The predicted octanol–water partition coefficient (Wildman–Crippen LogP) is 4.07. The van der Waals surface area contributed by atoms with Crippen molar-refractivity contribution in [3.8, 4) is 5.75 Å². The molecule has 0 unspecified atom stereocenters. The monoisotopic (exact) mass is 437 g/mol. The fourth-order valence-electron chi connectivity index (χ4n) is 4.95. The number of rotatable bonds is 3. The van der Waals surface area contributed by atoms with Crippen molar-refractivity contribution in [2.45, 2.75) is 57.7 Å². The van der Waals surface area contributed by atoms with Crippen LogP contribution in [0.5, 0.6) is 5.75 Å². The van der Waals surface area contributed by atoms with Gasteiger partial charge in [-0.2, -0.15) is 0 Å². The minimum Gasteiger partial charge on any atom is -0.491 e. The van der Waals surface area contributed by atoms with Gasteiger partial charge < -0.3 is 14.4 Å². The van der Waals surface area contributed by atoms with Crippen LogP contribution in [0.4, 0.5) is 0 Å². The van der Waals surface area contributed by atoms with Gasteiger partial charge in [-0.05, 0) is 62.9 Å². The Hall–Kier alpha value is -2.44. The number of amides is 1. The Labute approximate surface area is 191 Å². The average molecular weight is 438 g/mol. The summed E-state index contributed by atoms with van der Waals surface area (Å²) >= 11 is 0. The van der Waals surface area contributed by atoms with Gasteiger partial charge in [-0.1, -0.05) is 24.6 Å². The summed E-state index contributed by atoms with van der Waals surface area (Å²) in [7, 11) is 1.77. The summed E-state index contributed by atoms with van der Waals surface area (Å²) in [6, 6.07) is 11.9. The van der Waals surface area contributed by atoms with Gasteiger partial charge in [-0.25, -0.2) is 0 Å². The summed E-state index contributed by atoms with van der Waals surface area (Å²) in [5, 5.41) is 0. The van der Waals surface area contributed by atoms with E-state index in [1.165, 1.54) is 5.56 Å². The molecule has 1 aromatic heterocycles. The number of pyridine rings is 1. The molecule has 0 aliphatic carbocycles. The minimum atomic E-state index is 0.0626. The molecule has 0 N–H and O–H groups in total. The lowest BCUT2D eigenvalue weighted by atomic mass is 9.93. The van der Waals surface area contributed by atoms with Crippen molar-refractivity contribution in [2.75, 3.05) is 33.4 Å². The van der Waals surface area contributed by atoms with E-state index in [2.05, 4.69) is 22.9 Å². The van der Waals surface area contributed by atoms with Crippen molar-refractivity contribution in [3.05, 3.63) is 59.4 Å². The van der Waals surface area contributed by atoms with Crippen molar-refractivity contribution in [2.24, 2.45) is 0 Å². The zero-order chi connectivity index (χ0) is 22.3. The number of benzene rings is 1. The summed E-state index contributed by atoms with van der Waals surface area (Å²) in [5.74, 6) is 0.733. The number of carbonyl (C=O) groups excluding carboxylic acids is 1. The van der Waals surface area contributed by atoms with Gasteiger partial charge in [0.05, 0.1) is 23.4 Å². The number of para-hydroxylation sites is 1. The summed E-state index contributed by atoms with van der Waals surface area (Å²) in [4.78, 5) is 22.6. The Bertz CT molecular complexity index is 903. The van der Waals surface area contributed by atoms with Gasteiger partial charge in [-0.3, -0.25) is 14.7 Å². The molecule has 4 rings (SSSR count). The van der Waals surface area contributed by atoms with Crippen molar-refractivity contribution in [1.82, 2.24) is 14.8 Å². The second kappa shape index (κ2) is 10.9. The molecular formula is C26H35N3O3. The first kappa shape index (κ1) is 22.7. The topological polar surface area (TPSA) is 54.9 Å². The van der Waals surface area contributed by atoms with Crippen LogP contribution in [0.25, 0.3) is 0 Å². The van der Waals surface area contributed by atoms with E-state index in [1.54, 1.807) is 7.11 Å². The zero-order valence-corrected chi connectivity index (χ0v) is 19.3. The molecule has 1 amide bonds. The smallest absolute Gasteiger partial charge is 0.257 e. The van der Waals surface area contributed by atoms with E-state index in [-0.39, 0.29) is 18.1 Å². The molecule has 32 heavy (non-hydrogen) atoms. The predicted molar refractivity (Wildman–Crippen MR) is 125 cm³/mol. The van der Waals surface area contributed by atoms with E-state index < -0.39 is 0 Å². The van der Waals surface area contributed by atoms with E-state index in [4.69, 9.17) is 9.47 Å². The number of hydrogen-bond acceptors (Lipinski definition) is 5. The van der Waals surface area contributed by atoms with Gasteiger partial charge in [0.2, 0.25) is 0 Å². The van der Waals surface area contributed by atoms with Crippen LogP contribution in [-0.4, -0.2) is 66.2 Å². The summed E-state index contributed by atoms with van der Waals surface area (Å²) in [5.41, 5.74) is 2.99. The number of nitrogens with zero attached hydrogens (tertiary/aromatic N) is 3. The van der Waals surface area contributed by atoms with Crippen LogP contribution in [0.15, 0.2) is 42.6 Å². The van der Waals surface area contributed by atoms with Crippen LogP contribution in [0.2, 0.25) is 0 Å². The second-order valence-electron chi connectivity index (χ2n) is 8.87. The van der Waals surface area contributed by atoms with Crippen LogP contribution in [0.3, 0.4) is 0 Å². The molecule has 172 valence electrons. The van der Waals surface area contributed by atoms with Crippen LogP contribution in [0.1, 0.15) is 53.7 Å². The molecule has 0 bridgehead atoms. The van der Waals surface area contributed by atoms with Gasteiger partial charge in [0.1, 0.15) is 12.4 Å². The maximum atomic E-state index is 13.5. The van der Waals surface area contributed by atoms with Gasteiger partial charge >= 0.3 is 0 Å². The molecule has 2 aromatic rings. The Kier molecular flexibility index (Phi) is 7.76. The number of aromatic nitrogens is 1. The van der Waals surface area contributed by atoms with Crippen molar-refractivity contribution in [1.29, 1.82) is 0 Å². The lowest BCUT2D eigenvalue weighted by molar-refractivity contribution is -0.0155. The van der Waals surface area contributed by atoms with Crippen LogP contribution in [-0.2, 0) is 11.3 Å². The molecular weight excluding hydrogens is 402 g/mol. The standard InChI is InChI=1S/C26H35N3O3/c1-20-9-7-14-27-22(20)19-28-15-6-5-11-23-25(31-2)13-8-16-29(23)26(30)21-10-3-4-12-24(21)32-18-17-28/h3-4,7,9-10,12,14,23,25H,5-6,8,11,13,15-19H2,1-2H3/t23-,25-/m0/s1. The molecule has 6 nitrogen and oxygen atoms in total. The number of piperidine rings is 1. The third kappa shape index (κ3) is 5.30. The summed E-state index contributed by atoms with van der Waals surface area (Å²) in [6.07, 6.45) is 7.05. The highest BCUT2D eigenvalue weighted by Gasteiger charge is 2.35. The Morgan fingerprint density at radius 1 is 1.06 bits per heavy atom. The first-order valence-corrected chi connectivity index (χ1v) is 11.9. The number of hydrogen-bond donors (Lipinski definition) is 0. The molecule has 2 aliphatic rings. The van der Waals surface area contributed by atoms with E-state index in [9.17, 15) is 4.79 Å². The normalized spacial score (nSPS) is 23.2. The molecule has 1 saturated heterocycles. The number of fused-ring (bicyclic) bond motifs is 2. The largest absolute Gasteiger partial charge is 0.491 e. The lowest BCUT2D eigenvalue weighted by Crippen LogP contribution is -2.51. The molecule has 0 spiro atoms. The number of ether oxygens (including phenoxy) is 2. The molecule has 1 aromatic carbocycles. The molecule has 2 aliphatic heterocycles. The minimum absolute atomic E-state index is 0.0626. The first-order valence-electron chi connectivity index (χ1n) is 11.9. The fourth-order valence-corrected chi connectivity index (χ4v) is 4.95. The maximum Gasteiger partial charge on any atom is 0.257 e. The zero-order valence-electron chi connectivity index (χ0n) is 19.3. The second-order valence-corrected chi connectivity index (χ2v) is 8.87. The van der Waals surface area contributed by atoms with Gasteiger partial charge in [0.15, 0.2) is 0 Å². The molecule has 2 atom stereocenters. The third-order valence-electron chi connectivity index (χ3n) is 6.78. The van der Waals surface area contributed by atoms with Gasteiger partial charge in [0.25, 0.3) is 5.91 Å². The molecule has 0 radical (unpaired) electrons. The van der Waals surface area contributed by atoms with Crippen molar-refractivity contribution < 1.29 is 14.3 Å². The van der Waals surface area contributed by atoms with E-state index in [0.29, 0.717) is 17.9 Å². The summed E-state index contributed by atoms with van der Waals surface area (Å²) < 4.78 is 12.0. The SMILES string of the molecule is CO[C@H]1CCCN2C(=O)c3ccccc3OCCN(Cc3ncccc3C)CCCC[C@@H]12. The average Bonchev–Trinajstić information content (AvgIpc) is 2.83. The van der Waals surface area contributed by atoms with Crippen LogP contribution < -0.4 is 4.74 Å². The van der Waals surface area contributed by atoms with E-state index in [1.807, 2.05) is 41.4 Å². The molecule has 6 heteroatoms. The Morgan fingerprint density at radius 2 is 1.94 bits per heavy atom. The van der Waals surface area contributed by atoms with Gasteiger partial charge in [0, 0.05) is 32.9 Å². The maximum absolute atomic E-state index is 13.5. The molecule has 0 saturated carbocycles. The molecule has 3 heterocycles. The van der Waals surface area contributed by atoms with E-state index in [0.717, 1.165) is 64.0 Å². The van der Waals surface area contributed by atoms with Crippen LogP contribution >= 0.6 is 0 Å². The highest BCUT2D eigenvalue weighted by molar-refractivity contribution is 5.97. The van der Waals surface area contributed by atoms with Crippen molar-refractivity contribution in [3.63, 3.8) is 0 Å². The summed E-state index contributed by atoms with van der Waals surface area (Å²) in [6.45, 7) is 6.03. The Morgan fingerprint density at radius 3 is 2.78 bits per heavy atom. The first-order chi connectivity index (χ1) is 15.7. The quantitative estimate of drug-likeness (QED) is 0.724.